The smallest absolute Gasteiger partial charge is 0.328 e. The summed E-state index contributed by atoms with van der Waals surface area (Å²) in [6.07, 6.45) is 2.59. The third-order valence-corrected chi connectivity index (χ3v) is 2.99. The van der Waals surface area contributed by atoms with Crippen molar-refractivity contribution in [3.63, 3.8) is 0 Å². The normalized spacial score (nSPS) is 10.6. The van der Waals surface area contributed by atoms with E-state index >= 15 is 0 Å². The topological polar surface area (TPSA) is 46.5 Å². The number of methoxy groups -OCH3 is 1. The molecular formula is C10H8Br2O3. The van der Waals surface area contributed by atoms with E-state index in [2.05, 4.69) is 31.9 Å². The van der Waals surface area contributed by atoms with E-state index in [9.17, 15) is 4.79 Å². The zero-order valence-electron chi connectivity index (χ0n) is 7.83. The van der Waals surface area contributed by atoms with E-state index < -0.39 is 5.97 Å². The molecule has 0 aliphatic carbocycles. The number of hydrogen-bond donors (Lipinski definition) is 1. The lowest BCUT2D eigenvalue weighted by Gasteiger charge is -2.05. The summed E-state index contributed by atoms with van der Waals surface area (Å²) in [4.78, 5) is 10.4. The van der Waals surface area contributed by atoms with Gasteiger partial charge in [0.25, 0.3) is 0 Å². The average molecular weight is 336 g/mol. The Bertz CT molecular complexity index is 390. The van der Waals surface area contributed by atoms with E-state index in [1.807, 2.05) is 0 Å². The lowest BCUT2D eigenvalue weighted by atomic mass is 10.2. The summed E-state index contributed by atoms with van der Waals surface area (Å²) < 4.78 is 6.60. The second kappa shape index (κ2) is 5.32. The number of carboxylic acids is 1. The van der Waals surface area contributed by atoms with E-state index in [0.717, 1.165) is 20.6 Å². The first kappa shape index (κ1) is 12.3. The van der Waals surface area contributed by atoms with E-state index in [0.29, 0.717) is 5.75 Å². The van der Waals surface area contributed by atoms with E-state index in [4.69, 9.17) is 9.84 Å². The Morgan fingerprint density at radius 2 is 1.93 bits per heavy atom. The second-order valence-corrected chi connectivity index (χ2v) is 4.38. The van der Waals surface area contributed by atoms with Gasteiger partial charge in [-0.2, -0.15) is 0 Å². The molecule has 0 bridgehead atoms. The van der Waals surface area contributed by atoms with Crippen LogP contribution >= 0.6 is 31.9 Å². The van der Waals surface area contributed by atoms with Crippen molar-refractivity contribution in [3.8, 4) is 5.75 Å². The zero-order chi connectivity index (χ0) is 11.4. The summed E-state index contributed by atoms with van der Waals surface area (Å²) in [5.74, 6) is -0.286. The molecule has 0 aliphatic heterocycles. The second-order valence-electron chi connectivity index (χ2n) is 2.68. The Morgan fingerprint density at radius 1 is 1.40 bits per heavy atom. The van der Waals surface area contributed by atoms with Gasteiger partial charge in [0.15, 0.2) is 0 Å². The SMILES string of the molecule is COc1cc(Br)c(/C=C/C(=O)O)c(Br)c1. The Balaban J connectivity index is 3.14. The quantitative estimate of drug-likeness (QED) is 0.862. The van der Waals surface area contributed by atoms with Crippen LogP contribution < -0.4 is 4.74 Å². The molecule has 1 N–H and O–H groups in total. The molecule has 0 spiro atoms. The van der Waals surface area contributed by atoms with Gasteiger partial charge in [0, 0.05) is 20.6 Å². The number of hydrogen-bond acceptors (Lipinski definition) is 2. The summed E-state index contributed by atoms with van der Waals surface area (Å²) >= 11 is 6.67. The van der Waals surface area contributed by atoms with Crippen LogP contribution in [0.15, 0.2) is 27.2 Å². The van der Waals surface area contributed by atoms with Crippen LogP contribution in [-0.4, -0.2) is 18.2 Å². The minimum absolute atomic E-state index is 0.696. The van der Waals surface area contributed by atoms with Gasteiger partial charge >= 0.3 is 5.97 Å². The minimum atomic E-state index is -0.982. The fraction of sp³-hybridized carbons (Fsp3) is 0.100. The van der Waals surface area contributed by atoms with Crippen LogP contribution in [0, 0.1) is 0 Å². The third kappa shape index (κ3) is 3.35. The highest BCUT2D eigenvalue weighted by molar-refractivity contribution is 9.11. The molecule has 5 heteroatoms. The van der Waals surface area contributed by atoms with E-state index in [1.54, 1.807) is 19.2 Å². The Labute approximate surface area is 104 Å². The van der Waals surface area contributed by atoms with Crippen molar-refractivity contribution in [1.29, 1.82) is 0 Å². The molecule has 1 rings (SSSR count). The fourth-order valence-electron chi connectivity index (χ4n) is 0.993. The van der Waals surface area contributed by atoms with Crippen molar-refractivity contribution in [2.24, 2.45) is 0 Å². The van der Waals surface area contributed by atoms with Gasteiger partial charge in [0.1, 0.15) is 5.75 Å². The summed E-state index contributed by atoms with van der Waals surface area (Å²) in [6, 6.07) is 3.54. The first-order valence-electron chi connectivity index (χ1n) is 3.98. The molecule has 1 aromatic carbocycles. The van der Waals surface area contributed by atoms with Crippen LogP contribution in [0.4, 0.5) is 0 Å². The monoisotopic (exact) mass is 334 g/mol. The Kier molecular flexibility index (Phi) is 4.35. The molecule has 0 aliphatic rings. The van der Waals surface area contributed by atoms with Crippen LogP contribution in [-0.2, 0) is 4.79 Å². The predicted octanol–water partition coefficient (Wildman–Crippen LogP) is 3.32. The Hall–Kier alpha value is -0.810. The molecule has 0 aromatic heterocycles. The van der Waals surface area contributed by atoms with Gasteiger partial charge in [-0.05, 0) is 50.1 Å². The van der Waals surface area contributed by atoms with Crippen molar-refractivity contribution in [1.82, 2.24) is 0 Å². The zero-order valence-corrected chi connectivity index (χ0v) is 11.0. The molecule has 0 heterocycles. The number of benzene rings is 1. The average Bonchev–Trinajstić information content (AvgIpc) is 2.15. The van der Waals surface area contributed by atoms with Crippen molar-refractivity contribution < 1.29 is 14.6 Å². The van der Waals surface area contributed by atoms with Crippen molar-refractivity contribution in [3.05, 3.63) is 32.7 Å². The van der Waals surface area contributed by atoms with Crippen LogP contribution in [0.5, 0.6) is 5.75 Å². The molecule has 0 saturated heterocycles. The minimum Gasteiger partial charge on any atom is -0.497 e. The summed E-state index contributed by atoms with van der Waals surface area (Å²) in [5.41, 5.74) is 0.762. The van der Waals surface area contributed by atoms with Crippen molar-refractivity contribution >= 4 is 43.9 Å². The van der Waals surface area contributed by atoms with Crippen LogP contribution in [0.25, 0.3) is 6.08 Å². The highest BCUT2D eigenvalue weighted by Crippen LogP contribution is 2.31. The van der Waals surface area contributed by atoms with Crippen LogP contribution in [0.1, 0.15) is 5.56 Å². The standard InChI is InChI=1S/C10H8Br2O3/c1-15-6-4-8(11)7(9(12)5-6)2-3-10(13)14/h2-5H,1H3,(H,13,14)/b3-2+. The molecule has 0 atom stereocenters. The molecule has 1 aromatic rings. The van der Waals surface area contributed by atoms with Gasteiger partial charge in [0.05, 0.1) is 7.11 Å². The van der Waals surface area contributed by atoms with Gasteiger partial charge in [-0.1, -0.05) is 0 Å². The maximum Gasteiger partial charge on any atom is 0.328 e. The number of aliphatic carboxylic acids is 1. The number of rotatable bonds is 3. The van der Waals surface area contributed by atoms with Gasteiger partial charge in [-0.15, -0.1) is 0 Å². The number of carboxylic acid groups (broad SMARTS) is 1. The first-order chi connectivity index (χ1) is 7.04. The molecule has 0 radical (unpaired) electrons. The lowest BCUT2D eigenvalue weighted by molar-refractivity contribution is -0.131. The molecule has 0 amide bonds. The maximum absolute atomic E-state index is 10.4. The number of halogens is 2. The van der Waals surface area contributed by atoms with Gasteiger partial charge in [0.2, 0.25) is 0 Å². The van der Waals surface area contributed by atoms with E-state index in [1.165, 1.54) is 6.08 Å². The number of carbonyl (C=O) groups is 1. The highest BCUT2D eigenvalue weighted by Gasteiger charge is 2.05. The molecule has 0 unspecified atom stereocenters. The van der Waals surface area contributed by atoms with Gasteiger partial charge in [-0.25, -0.2) is 4.79 Å². The van der Waals surface area contributed by atoms with Gasteiger partial charge < -0.3 is 9.84 Å². The predicted molar refractivity (Wildman–Crippen MR) is 65.1 cm³/mol. The molecule has 80 valence electrons. The highest BCUT2D eigenvalue weighted by atomic mass is 79.9. The number of ether oxygens (including phenoxy) is 1. The van der Waals surface area contributed by atoms with Crippen molar-refractivity contribution in [2.75, 3.05) is 7.11 Å². The van der Waals surface area contributed by atoms with Crippen molar-refractivity contribution in [2.45, 2.75) is 0 Å². The first-order valence-corrected chi connectivity index (χ1v) is 5.57. The van der Waals surface area contributed by atoms with Crippen LogP contribution in [0.2, 0.25) is 0 Å². The fourth-order valence-corrected chi connectivity index (χ4v) is 2.40. The molecule has 3 nitrogen and oxygen atoms in total. The Morgan fingerprint density at radius 3 is 2.33 bits per heavy atom. The van der Waals surface area contributed by atoms with E-state index in [-0.39, 0.29) is 0 Å². The largest absolute Gasteiger partial charge is 0.497 e. The lowest BCUT2D eigenvalue weighted by Crippen LogP contribution is -1.89. The molecule has 0 fully saturated rings. The van der Waals surface area contributed by atoms with Crippen LogP contribution in [0.3, 0.4) is 0 Å². The van der Waals surface area contributed by atoms with Gasteiger partial charge in [-0.3, -0.25) is 0 Å². The third-order valence-electron chi connectivity index (χ3n) is 1.68. The molecule has 0 saturated carbocycles. The summed E-state index contributed by atoms with van der Waals surface area (Å²) in [7, 11) is 1.57. The summed E-state index contributed by atoms with van der Waals surface area (Å²) in [6.45, 7) is 0. The molecular weight excluding hydrogens is 328 g/mol. The maximum atomic E-state index is 10.4. The summed E-state index contributed by atoms with van der Waals surface area (Å²) in [5, 5.41) is 8.52. The molecule has 15 heavy (non-hydrogen) atoms.